The minimum Gasteiger partial charge on any atom is -0.397 e. The van der Waals surface area contributed by atoms with Gasteiger partial charge in [0.2, 0.25) is 0 Å². The van der Waals surface area contributed by atoms with Crippen molar-refractivity contribution in [3.8, 4) is 0 Å². The molecule has 4 N–H and O–H groups in total. The fourth-order valence-electron chi connectivity index (χ4n) is 0.924. The van der Waals surface area contributed by atoms with E-state index in [4.69, 9.17) is 10.8 Å². The molecular weight excluding hydrogens is 228 g/mol. The largest absolute Gasteiger partial charge is 0.397 e. The molecule has 17 heavy (non-hydrogen) atoms. The number of nitrogens with one attached hydrogen (secondary N) is 1. The van der Waals surface area contributed by atoms with Gasteiger partial charge in [0.1, 0.15) is 0 Å². The van der Waals surface area contributed by atoms with Crippen LogP contribution in [0.25, 0.3) is 0 Å². The van der Waals surface area contributed by atoms with Gasteiger partial charge in [-0.25, -0.2) is 13.8 Å². The molecule has 0 aliphatic carbocycles. The first-order valence-electron chi connectivity index (χ1n) is 5.21. The number of anilines is 2. The van der Waals surface area contributed by atoms with Crippen molar-refractivity contribution < 1.29 is 13.9 Å². The summed E-state index contributed by atoms with van der Waals surface area (Å²) in [5.41, 5.74) is 4.87. The fourth-order valence-corrected chi connectivity index (χ4v) is 0.924. The van der Waals surface area contributed by atoms with Crippen LogP contribution in [0.15, 0.2) is 6.07 Å². The lowest BCUT2D eigenvalue weighted by atomic mass is 10.1. The van der Waals surface area contributed by atoms with Crippen LogP contribution < -0.4 is 11.1 Å². The Morgan fingerprint density at radius 2 is 1.82 bits per heavy atom. The van der Waals surface area contributed by atoms with Crippen LogP contribution in [0.3, 0.4) is 0 Å². The second kappa shape index (κ2) is 6.34. The zero-order valence-corrected chi connectivity index (χ0v) is 10.5. The predicted molar refractivity (Wildman–Crippen MR) is 64.7 cm³/mol. The maximum atomic E-state index is 13.1. The SMILES string of the molecule is CC(C)(C)Nc1nc(N)c(F)cc1F.CCO. The third-order valence-corrected chi connectivity index (χ3v) is 1.45. The first kappa shape index (κ1) is 15.6. The monoisotopic (exact) mass is 247 g/mol. The molecular formula is C11H19F2N3O. The molecule has 4 nitrogen and oxygen atoms in total. The van der Waals surface area contributed by atoms with E-state index in [2.05, 4.69) is 10.3 Å². The molecule has 0 radical (unpaired) electrons. The van der Waals surface area contributed by atoms with Gasteiger partial charge in [0.05, 0.1) is 0 Å². The Bertz CT molecular complexity index is 364. The molecule has 0 unspecified atom stereocenters. The average Bonchev–Trinajstić information content (AvgIpc) is 2.13. The summed E-state index contributed by atoms with van der Waals surface area (Å²) in [5.74, 6) is -1.93. The lowest BCUT2D eigenvalue weighted by Crippen LogP contribution is -2.27. The summed E-state index contributed by atoms with van der Waals surface area (Å²) in [6, 6.07) is 0.719. The van der Waals surface area contributed by atoms with E-state index in [1.165, 1.54) is 0 Å². The Morgan fingerprint density at radius 1 is 1.35 bits per heavy atom. The number of pyridine rings is 1. The Morgan fingerprint density at radius 3 is 2.24 bits per heavy atom. The van der Waals surface area contributed by atoms with E-state index in [0.29, 0.717) is 0 Å². The predicted octanol–water partition coefficient (Wildman–Crippen LogP) is 2.15. The van der Waals surface area contributed by atoms with E-state index in [1.807, 2.05) is 20.8 Å². The highest BCUT2D eigenvalue weighted by Crippen LogP contribution is 2.19. The summed E-state index contributed by atoms with van der Waals surface area (Å²) in [6.45, 7) is 7.45. The van der Waals surface area contributed by atoms with Gasteiger partial charge >= 0.3 is 0 Å². The molecule has 1 rings (SSSR count). The number of nitrogens with zero attached hydrogens (tertiary/aromatic N) is 1. The van der Waals surface area contributed by atoms with Crippen molar-refractivity contribution in [3.63, 3.8) is 0 Å². The van der Waals surface area contributed by atoms with E-state index in [-0.39, 0.29) is 23.8 Å². The lowest BCUT2D eigenvalue weighted by Gasteiger charge is -2.21. The normalized spacial score (nSPS) is 10.5. The average molecular weight is 247 g/mol. The van der Waals surface area contributed by atoms with Gasteiger partial charge in [-0.2, -0.15) is 0 Å². The standard InChI is InChI=1S/C9H13F2N3.C2H6O/c1-9(2,3)14-8-6(11)4-5(10)7(12)13-8;1-2-3/h4H,1-3H3,(H3,12,13,14);3H,2H2,1H3. The highest BCUT2D eigenvalue weighted by atomic mass is 19.1. The van der Waals surface area contributed by atoms with Crippen LogP contribution >= 0.6 is 0 Å². The molecule has 0 spiro atoms. The Labute approximate surface area is 99.9 Å². The number of nitrogen functional groups attached to an aromatic ring is 1. The molecule has 1 aromatic heterocycles. The van der Waals surface area contributed by atoms with E-state index in [1.54, 1.807) is 6.92 Å². The molecule has 1 heterocycles. The van der Waals surface area contributed by atoms with Crippen LogP contribution in [0, 0.1) is 11.6 Å². The van der Waals surface area contributed by atoms with Crippen LogP contribution in [-0.4, -0.2) is 22.2 Å². The third-order valence-electron chi connectivity index (χ3n) is 1.45. The first-order chi connectivity index (χ1) is 7.71. The van der Waals surface area contributed by atoms with Gasteiger partial charge in [-0.3, -0.25) is 0 Å². The van der Waals surface area contributed by atoms with Crippen molar-refractivity contribution in [2.24, 2.45) is 0 Å². The molecule has 1 aromatic rings. The Hall–Kier alpha value is -1.43. The number of nitrogens with two attached hydrogens (primary N) is 1. The first-order valence-corrected chi connectivity index (χ1v) is 5.21. The minimum absolute atomic E-state index is 0.0311. The molecule has 0 aromatic carbocycles. The molecule has 0 fully saturated rings. The van der Waals surface area contributed by atoms with Crippen molar-refractivity contribution >= 4 is 11.6 Å². The number of rotatable bonds is 1. The van der Waals surface area contributed by atoms with Crippen LogP contribution in [0.1, 0.15) is 27.7 Å². The second-order valence-electron chi connectivity index (χ2n) is 4.38. The molecule has 0 saturated carbocycles. The van der Waals surface area contributed by atoms with Gasteiger partial charge in [-0.05, 0) is 27.7 Å². The van der Waals surface area contributed by atoms with Crippen molar-refractivity contribution in [2.75, 3.05) is 17.7 Å². The van der Waals surface area contributed by atoms with E-state index < -0.39 is 11.6 Å². The number of aliphatic hydroxyl groups excluding tert-OH is 1. The summed E-state index contributed by atoms with van der Waals surface area (Å²) in [7, 11) is 0. The van der Waals surface area contributed by atoms with Crippen molar-refractivity contribution in [1.82, 2.24) is 4.98 Å². The third kappa shape index (κ3) is 6.01. The minimum atomic E-state index is -0.845. The van der Waals surface area contributed by atoms with Crippen LogP contribution in [0.2, 0.25) is 0 Å². The smallest absolute Gasteiger partial charge is 0.168 e. The van der Waals surface area contributed by atoms with Gasteiger partial charge in [0.15, 0.2) is 23.3 Å². The van der Waals surface area contributed by atoms with Crippen molar-refractivity contribution in [3.05, 3.63) is 17.7 Å². The zero-order chi connectivity index (χ0) is 13.6. The number of aromatic nitrogens is 1. The van der Waals surface area contributed by atoms with Gasteiger partial charge in [0.25, 0.3) is 0 Å². The van der Waals surface area contributed by atoms with Gasteiger partial charge < -0.3 is 16.2 Å². The summed E-state index contributed by atoms with van der Waals surface area (Å²) in [4.78, 5) is 3.57. The molecule has 0 amide bonds. The van der Waals surface area contributed by atoms with Crippen LogP contribution in [0.5, 0.6) is 0 Å². The molecule has 6 heteroatoms. The fraction of sp³-hybridized carbons (Fsp3) is 0.545. The summed E-state index contributed by atoms with van der Waals surface area (Å²) < 4.78 is 25.9. The van der Waals surface area contributed by atoms with Gasteiger partial charge in [0, 0.05) is 18.2 Å². The second-order valence-corrected chi connectivity index (χ2v) is 4.38. The summed E-state index contributed by atoms with van der Waals surface area (Å²) >= 11 is 0. The maximum Gasteiger partial charge on any atom is 0.168 e. The summed E-state index contributed by atoms with van der Waals surface area (Å²) in [5, 5.41) is 10.4. The van der Waals surface area contributed by atoms with Crippen LogP contribution in [-0.2, 0) is 0 Å². The number of halogens is 2. The van der Waals surface area contributed by atoms with Crippen LogP contribution in [0.4, 0.5) is 20.4 Å². The Kier molecular flexibility index (Phi) is 5.81. The maximum absolute atomic E-state index is 13.1. The van der Waals surface area contributed by atoms with E-state index in [0.717, 1.165) is 6.07 Å². The van der Waals surface area contributed by atoms with Crippen molar-refractivity contribution in [1.29, 1.82) is 0 Å². The van der Waals surface area contributed by atoms with E-state index in [9.17, 15) is 8.78 Å². The highest BCUT2D eigenvalue weighted by Gasteiger charge is 2.15. The highest BCUT2D eigenvalue weighted by molar-refractivity contribution is 5.46. The zero-order valence-electron chi connectivity index (χ0n) is 10.5. The molecule has 0 aliphatic heterocycles. The lowest BCUT2D eigenvalue weighted by molar-refractivity contribution is 0.318. The molecule has 0 aliphatic rings. The molecule has 0 saturated heterocycles. The number of hydrogen-bond acceptors (Lipinski definition) is 4. The number of hydrogen-bond donors (Lipinski definition) is 3. The molecule has 0 bridgehead atoms. The van der Waals surface area contributed by atoms with Gasteiger partial charge in [-0.15, -0.1) is 0 Å². The molecule has 0 atom stereocenters. The summed E-state index contributed by atoms with van der Waals surface area (Å²) in [6.07, 6.45) is 0. The molecule has 98 valence electrons. The number of aliphatic hydroxyl groups is 1. The Balaban J connectivity index is 0.000000770. The van der Waals surface area contributed by atoms with E-state index >= 15 is 0 Å². The topological polar surface area (TPSA) is 71.2 Å². The quantitative estimate of drug-likeness (QED) is 0.711. The van der Waals surface area contributed by atoms with Gasteiger partial charge in [-0.1, -0.05) is 0 Å². The van der Waals surface area contributed by atoms with Crippen molar-refractivity contribution in [2.45, 2.75) is 33.2 Å².